The van der Waals surface area contributed by atoms with Gasteiger partial charge in [-0.15, -0.1) is 0 Å². The molecule has 0 saturated carbocycles. The lowest BCUT2D eigenvalue weighted by Gasteiger charge is -2.32. The third-order valence-corrected chi connectivity index (χ3v) is 5.11. The number of likely N-dealkylation sites (N-methyl/N-ethyl adjacent to an activating group) is 2. The quantitative estimate of drug-likeness (QED) is 0.621. The number of urea groups is 1. The number of benzene rings is 1. The van der Waals surface area contributed by atoms with Crippen LogP contribution in [0.3, 0.4) is 0 Å². The van der Waals surface area contributed by atoms with Gasteiger partial charge < -0.3 is 9.84 Å². The molecule has 9 nitrogen and oxygen atoms in total. The van der Waals surface area contributed by atoms with Gasteiger partial charge in [0, 0.05) is 19.1 Å². The highest BCUT2D eigenvalue weighted by atomic mass is 35.5. The summed E-state index contributed by atoms with van der Waals surface area (Å²) < 4.78 is 7.32. The molecular weight excluding hydrogens is 410 g/mol. The Kier molecular flexibility index (Phi) is 6.62. The molecule has 2 unspecified atom stereocenters. The fourth-order valence-electron chi connectivity index (χ4n) is 3.23. The van der Waals surface area contributed by atoms with E-state index in [9.17, 15) is 14.7 Å². The van der Waals surface area contributed by atoms with Gasteiger partial charge in [-0.25, -0.2) is 9.37 Å². The van der Waals surface area contributed by atoms with Crippen LogP contribution >= 0.6 is 11.6 Å². The lowest BCUT2D eigenvalue weighted by Crippen LogP contribution is -2.62. The molecule has 1 fully saturated rings. The van der Waals surface area contributed by atoms with Crippen molar-refractivity contribution in [1.82, 2.24) is 15.1 Å². The van der Waals surface area contributed by atoms with Crippen LogP contribution in [0.5, 0.6) is 5.75 Å². The van der Waals surface area contributed by atoms with Gasteiger partial charge >= 0.3 is 12.0 Å². The molecular formula is C20H27ClN5O4+. The number of halogens is 1. The van der Waals surface area contributed by atoms with E-state index in [1.165, 1.54) is 11.9 Å². The third-order valence-electron chi connectivity index (χ3n) is 4.86. The summed E-state index contributed by atoms with van der Waals surface area (Å²) in [6.45, 7) is 4.87. The number of hydrogen-bond acceptors (Lipinski definition) is 6. The van der Waals surface area contributed by atoms with Gasteiger partial charge in [-0.05, 0) is 30.2 Å². The van der Waals surface area contributed by atoms with Crippen molar-refractivity contribution in [2.24, 2.45) is 10.9 Å². The number of carbonyl (C=O) groups is 2. The summed E-state index contributed by atoms with van der Waals surface area (Å²) in [6, 6.07) is 5.62. The summed E-state index contributed by atoms with van der Waals surface area (Å²) in [5, 5.41) is 14.4. The van der Waals surface area contributed by atoms with Crippen LogP contribution in [0, 0.1) is 5.92 Å². The zero-order valence-corrected chi connectivity index (χ0v) is 18.3. The van der Waals surface area contributed by atoms with E-state index in [-0.39, 0.29) is 19.1 Å². The highest BCUT2D eigenvalue weighted by molar-refractivity contribution is 6.30. The average Bonchev–Trinajstić information content (AvgIpc) is 3.07. The lowest BCUT2D eigenvalue weighted by atomic mass is 10.1. The Morgan fingerprint density at radius 2 is 1.90 bits per heavy atom. The highest BCUT2D eigenvalue weighted by Crippen LogP contribution is 2.19. The number of hydrogen-bond donors (Lipinski definition) is 2. The molecule has 2 aliphatic heterocycles. The van der Waals surface area contributed by atoms with Crippen LogP contribution in [0.1, 0.15) is 13.8 Å². The fourth-order valence-corrected chi connectivity index (χ4v) is 3.36. The van der Waals surface area contributed by atoms with Crippen molar-refractivity contribution in [2.45, 2.75) is 26.0 Å². The third kappa shape index (κ3) is 4.57. The Hall–Kier alpha value is -2.65. The molecule has 0 bridgehead atoms. The van der Waals surface area contributed by atoms with Crippen LogP contribution in [0.2, 0.25) is 5.02 Å². The molecule has 30 heavy (non-hydrogen) atoms. The summed E-state index contributed by atoms with van der Waals surface area (Å²) in [5.74, 6) is 1.34. The number of rotatable bonds is 7. The minimum absolute atomic E-state index is 0.0243. The second-order valence-corrected chi connectivity index (χ2v) is 8.22. The van der Waals surface area contributed by atoms with Crippen LogP contribution in [-0.4, -0.2) is 89.2 Å². The number of ether oxygens (including phenoxy) is 1. The van der Waals surface area contributed by atoms with E-state index in [0.29, 0.717) is 35.0 Å². The molecule has 2 N–H and O–H groups in total. The van der Waals surface area contributed by atoms with Crippen molar-refractivity contribution in [2.75, 3.05) is 33.8 Å². The van der Waals surface area contributed by atoms with Crippen LogP contribution in [0.25, 0.3) is 0 Å². The molecule has 2 heterocycles. The number of imide groups is 1. The Labute approximate surface area is 180 Å². The van der Waals surface area contributed by atoms with Crippen molar-refractivity contribution < 1.29 is 24.0 Å². The van der Waals surface area contributed by atoms with Crippen LogP contribution in [0.15, 0.2) is 29.3 Å². The molecule has 0 aromatic heterocycles. The number of aliphatic imine (C=N–C) groups is 1. The van der Waals surface area contributed by atoms with Gasteiger partial charge in [-0.1, -0.05) is 30.4 Å². The fraction of sp³-hybridized carbons (Fsp3) is 0.500. The minimum Gasteiger partial charge on any atom is -0.491 e. The maximum absolute atomic E-state index is 12.8. The van der Waals surface area contributed by atoms with Gasteiger partial charge in [0.1, 0.15) is 18.5 Å². The maximum atomic E-state index is 12.8. The van der Waals surface area contributed by atoms with Gasteiger partial charge in [0.05, 0.1) is 13.1 Å². The zero-order chi connectivity index (χ0) is 22.0. The van der Waals surface area contributed by atoms with E-state index < -0.39 is 18.2 Å². The normalized spacial score (nSPS) is 20.0. The second kappa shape index (κ2) is 9.01. The Bertz CT molecular complexity index is 884. The smallest absolute Gasteiger partial charge is 0.390 e. The monoisotopic (exact) mass is 436 g/mol. The summed E-state index contributed by atoms with van der Waals surface area (Å²) >= 11 is 5.87. The summed E-state index contributed by atoms with van der Waals surface area (Å²) in [6.07, 6.45) is -0.896. The molecule has 2 atom stereocenters. The number of nitrogens with one attached hydrogen (secondary N) is 1. The first-order chi connectivity index (χ1) is 14.2. The molecule has 1 saturated heterocycles. The summed E-state index contributed by atoms with van der Waals surface area (Å²) in [4.78, 5) is 32.1. The molecule has 1 aromatic rings. The van der Waals surface area contributed by atoms with Gasteiger partial charge in [-0.3, -0.25) is 19.9 Å². The Balaban J connectivity index is 1.77. The summed E-state index contributed by atoms with van der Waals surface area (Å²) in [7, 11) is 3.02. The number of β-amino-alcohol motifs (C(OH)–C–C–N with tert-alkyl or cyclic N) is 1. The van der Waals surface area contributed by atoms with Gasteiger partial charge in [0.15, 0.2) is 0 Å². The number of nitrogens with zero attached hydrogens (tertiary/aromatic N) is 4. The van der Waals surface area contributed by atoms with E-state index in [2.05, 4.69) is 24.2 Å². The minimum atomic E-state index is -0.896. The van der Waals surface area contributed by atoms with Crippen molar-refractivity contribution in [3.8, 4) is 5.75 Å². The molecule has 0 radical (unpaired) electrons. The molecule has 10 heteroatoms. The topological polar surface area (TPSA) is 97.5 Å². The Morgan fingerprint density at radius 3 is 2.53 bits per heavy atom. The number of aliphatic hydroxyl groups excluding tert-OH is 1. The van der Waals surface area contributed by atoms with Gasteiger partial charge in [0.2, 0.25) is 11.9 Å². The van der Waals surface area contributed by atoms with Crippen LogP contribution in [-0.2, 0) is 4.79 Å². The van der Waals surface area contributed by atoms with Crippen LogP contribution in [0.4, 0.5) is 4.79 Å². The SMILES string of the molecule is CC(C)CNC1=[N+](CC(O)COc2ccc(Cl)cc2)C2C(=O)N(C)C(=O)N(C)C2=N1. The van der Waals surface area contributed by atoms with Crippen molar-refractivity contribution in [3.05, 3.63) is 29.3 Å². The number of carbonyl (C=O) groups excluding carboxylic acids is 2. The molecule has 3 amide bonds. The first kappa shape index (κ1) is 22.0. The van der Waals surface area contributed by atoms with E-state index in [1.807, 2.05) is 0 Å². The average molecular weight is 437 g/mol. The van der Waals surface area contributed by atoms with Crippen molar-refractivity contribution in [3.63, 3.8) is 0 Å². The Morgan fingerprint density at radius 1 is 1.23 bits per heavy atom. The second-order valence-electron chi connectivity index (χ2n) is 7.78. The number of amidine groups is 1. The standard InChI is InChI=1S/C20H26ClN5O4/c1-12(2)9-22-19-23-17-16(18(28)25(4)20(29)24(17)3)26(19)10-14(27)11-30-15-7-5-13(21)6-8-15/h5-8,12,14,16,27H,9-11H2,1-4H3/p+1. The van der Waals surface area contributed by atoms with Gasteiger partial charge in [0.25, 0.3) is 5.91 Å². The number of amides is 3. The highest BCUT2D eigenvalue weighted by Gasteiger charge is 2.51. The van der Waals surface area contributed by atoms with E-state index >= 15 is 0 Å². The number of aliphatic hydroxyl groups is 1. The molecule has 0 spiro atoms. The molecule has 0 aliphatic carbocycles. The first-order valence-corrected chi connectivity index (χ1v) is 10.1. The number of guanidine groups is 1. The first-order valence-electron chi connectivity index (χ1n) is 9.76. The van der Waals surface area contributed by atoms with Crippen molar-refractivity contribution >= 4 is 35.3 Å². The van der Waals surface area contributed by atoms with Crippen LogP contribution < -0.4 is 10.1 Å². The molecule has 3 rings (SSSR count). The van der Waals surface area contributed by atoms with Gasteiger partial charge in [-0.2, -0.15) is 0 Å². The molecule has 2 aliphatic rings. The molecule has 162 valence electrons. The lowest BCUT2D eigenvalue weighted by molar-refractivity contribution is -0.545. The van der Waals surface area contributed by atoms with E-state index in [0.717, 1.165) is 4.90 Å². The predicted molar refractivity (Wildman–Crippen MR) is 113 cm³/mol. The van der Waals surface area contributed by atoms with E-state index in [1.54, 1.807) is 35.9 Å². The predicted octanol–water partition coefficient (Wildman–Crippen LogP) is 0.998. The largest absolute Gasteiger partial charge is 0.491 e. The zero-order valence-electron chi connectivity index (χ0n) is 17.5. The van der Waals surface area contributed by atoms with Crippen molar-refractivity contribution in [1.29, 1.82) is 0 Å². The molecule has 1 aromatic carbocycles. The van der Waals surface area contributed by atoms with E-state index in [4.69, 9.17) is 16.3 Å². The summed E-state index contributed by atoms with van der Waals surface area (Å²) in [5.41, 5.74) is 0. The maximum Gasteiger partial charge on any atom is 0.390 e. The number of fused-ring (bicyclic) bond motifs is 1.